The Hall–Kier alpha value is -4.14. The van der Waals surface area contributed by atoms with E-state index in [1.807, 2.05) is 0 Å². The molecule has 2 amide bonds. The van der Waals surface area contributed by atoms with Crippen LogP contribution in [0.4, 0.5) is 25.8 Å². The van der Waals surface area contributed by atoms with Gasteiger partial charge in [0.15, 0.2) is 5.78 Å². The highest BCUT2D eigenvalue weighted by Gasteiger charge is 2.36. The predicted octanol–water partition coefficient (Wildman–Crippen LogP) is 4.34. The smallest absolute Gasteiger partial charge is 0.244 e. The lowest BCUT2D eigenvalue weighted by molar-refractivity contribution is -0.122. The lowest BCUT2D eigenvalue weighted by Crippen LogP contribution is -2.48. The van der Waals surface area contributed by atoms with Gasteiger partial charge in [0.1, 0.15) is 18.5 Å². The molecule has 1 N–H and O–H groups in total. The number of nitrogens with one attached hydrogen (secondary N) is 1. The number of hydrogen-bond donors (Lipinski definition) is 1. The van der Waals surface area contributed by atoms with E-state index in [4.69, 9.17) is 0 Å². The number of anilines is 3. The number of aromatic nitrogens is 1. The van der Waals surface area contributed by atoms with E-state index in [9.17, 15) is 18.8 Å². The molecule has 0 bridgehead atoms. The minimum Gasteiger partial charge on any atom is -0.365 e. The highest BCUT2D eigenvalue weighted by Crippen LogP contribution is 2.44. The number of pyridine rings is 1. The molecule has 3 heterocycles. The van der Waals surface area contributed by atoms with E-state index in [-0.39, 0.29) is 36.7 Å². The van der Waals surface area contributed by atoms with Gasteiger partial charge >= 0.3 is 0 Å². The van der Waals surface area contributed by atoms with Gasteiger partial charge in [-0.2, -0.15) is 0 Å². The molecule has 9 heteroatoms. The summed E-state index contributed by atoms with van der Waals surface area (Å²) in [6.45, 7) is 3.03. The van der Waals surface area contributed by atoms with Crippen molar-refractivity contribution in [3.63, 3.8) is 0 Å². The molecule has 36 heavy (non-hydrogen) atoms. The third-order valence-corrected chi connectivity index (χ3v) is 6.58. The Labute approximate surface area is 206 Å². The van der Waals surface area contributed by atoms with Gasteiger partial charge in [0.05, 0.1) is 30.4 Å². The van der Waals surface area contributed by atoms with Crippen LogP contribution >= 0.6 is 0 Å². The van der Waals surface area contributed by atoms with Crippen LogP contribution in [0.1, 0.15) is 35.8 Å². The fourth-order valence-electron chi connectivity index (χ4n) is 4.61. The molecule has 0 saturated carbocycles. The first kappa shape index (κ1) is 23.6. The Morgan fingerprint density at radius 2 is 1.86 bits per heavy atom. The fourth-order valence-corrected chi connectivity index (χ4v) is 4.61. The Kier molecular flexibility index (Phi) is 5.99. The van der Waals surface area contributed by atoms with Gasteiger partial charge in [-0.05, 0) is 56.3 Å². The van der Waals surface area contributed by atoms with E-state index >= 15 is 4.39 Å². The fraction of sp³-hybridized carbons (Fsp3) is 0.259. The lowest BCUT2D eigenvalue weighted by Gasteiger charge is -2.37. The maximum atomic E-state index is 15.6. The molecule has 5 rings (SSSR count). The summed E-state index contributed by atoms with van der Waals surface area (Å²) in [5.74, 6) is -2.29. The van der Waals surface area contributed by atoms with Gasteiger partial charge in [-0.25, -0.2) is 8.78 Å². The molecule has 1 saturated heterocycles. The van der Waals surface area contributed by atoms with Gasteiger partial charge in [-0.1, -0.05) is 6.07 Å². The van der Waals surface area contributed by atoms with Crippen molar-refractivity contribution in [1.82, 2.24) is 4.98 Å². The van der Waals surface area contributed by atoms with Gasteiger partial charge < -0.3 is 15.1 Å². The average molecular weight is 491 g/mol. The molecule has 2 aliphatic rings. The average Bonchev–Trinajstić information content (AvgIpc) is 2.92. The number of halogens is 2. The summed E-state index contributed by atoms with van der Waals surface area (Å²) in [5.41, 5.74) is 2.72. The molecule has 1 fully saturated rings. The molecular weight excluding hydrogens is 466 g/mol. The maximum absolute atomic E-state index is 15.6. The Balaban J connectivity index is 1.53. The predicted molar refractivity (Wildman–Crippen MR) is 133 cm³/mol. The van der Waals surface area contributed by atoms with E-state index in [1.54, 1.807) is 60.5 Å². The number of Topliss-reactive ketones (excluding diaryl/α,β-unsaturated/α-hetero) is 1. The first-order valence-electron chi connectivity index (χ1n) is 11.6. The van der Waals surface area contributed by atoms with E-state index in [0.717, 1.165) is 0 Å². The number of alkyl halides is 1. The molecule has 0 aliphatic carbocycles. The van der Waals surface area contributed by atoms with Crippen molar-refractivity contribution in [1.29, 1.82) is 0 Å². The molecule has 184 valence electrons. The molecule has 2 aromatic carbocycles. The van der Waals surface area contributed by atoms with Crippen LogP contribution in [0.25, 0.3) is 11.1 Å². The molecule has 3 aromatic rings. The van der Waals surface area contributed by atoms with Crippen molar-refractivity contribution < 1.29 is 23.2 Å². The lowest BCUT2D eigenvalue weighted by atomic mass is 9.96. The third-order valence-electron chi connectivity index (χ3n) is 6.58. The second-order valence-corrected chi connectivity index (χ2v) is 9.09. The zero-order chi connectivity index (χ0) is 25.6. The number of carbonyl (C=O) groups is 3. The minimum atomic E-state index is -0.991. The largest absolute Gasteiger partial charge is 0.365 e. The number of benzene rings is 2. The third kappa shape index (κ3) is 4.21. The van der Waals surface area contributed by atoms with E-state index in [2.05, 4.69) is 10.3 Å². The van der Waals surface area contributed by atoms with Gasteiger partial charge in [0.2, 0.25) is 11.8 Å². The Morgan fingerprint density at radius 3 is 2.53 bits per heavy atom. The molecule has 1 aromatic heterocycles. The number of hydrogen-bond acceptors (Lipinski definition) is 5. The van der Waals surface area contributed by atoms with Gasteiger partial charge in [0.25, 0.3) is 0 Å². The highest BCUT2D eigenvalue weighted by atomic mass is 19.1. The number of nitrogens with zero attached hydrogens (tertiary/aromatic N) is 3. The Bertz CT molecular complexity index is 1370. The molecule has 2 aliphatic heterocycles. The van der Waals surface area contributed by atoms with Crippen LogP contribution in [0.5, 0.6) is 0 Å². The van der Waals surface area contributed by atoms with Crippen LogP contribution in [-0.4, -0.2) is 48.4 Å². The molecule has 7 nitrogen and oxygen atoms in total. The maximum Gasteiger partial charge on any atom is 0.244 e. The van der Waals surface area contributed by atoms with Crippen molar-refractivity contribution in [2.75, 3.05) is 34.8 Å². The molecule has 0 spiro atoms. The van der Waals surface area contributed by atoms with Crippen LogP contribution in [0, 0.1) is 5.82 Å². The summed E-state index contributed by atoms with van der Waals surface area (Å²) in [6, 6.07) is 12.7. The number of carbonyl (C=O) groups excluding carboxylic acids is 3. The second-order valence-electron chi connectivity index (χ2n) is 9.09. The van der Waals surface area contributed by atoms with Gasteiger partial charge in [-0.15, -0.1) is 0 Å². The van der Waals surface area contributed by atoms with Crippen molar-refractivity contribution in [2.24, 2.45) is 0 Å². The minimum absolute atomic E-state index is 0.0964. The zero-order valence-electron chi connectivity index (χ0n) is 19.8. The highest BCUT2D eigenvalue weighted by molar-refractivity contribution is 6.09. The summed E-state index contributed by atoms with van der Waals surface area (Å²) < 4.78 is 29.1. The van der Waals surface area contributed by atoms with Gasteiger partial charge in [0, 0.05) is 34.3 Å². The van der Waals surface area contributed by atoms with Gasteiger partial charge in [-0.3, -0.25) is 19.4 Å². The number of fused-ring (bicyclic) bond motifs is 3. The summed E-state index contributed by atoms with van der Waals surface area (Å²) in [6.07, 6.45) is 0.554. The first-order valence-corrected chi connectivity index (χ1v) is 11.6. The second kappa shape index (κ2) is 9.14. The summed E-state index contributed by atoms with van der Waals surface area (Å²) >= 11 is 0. The van der Waals surface area contributed by atoms with E-state index < -0.39 is 29.7 Å². The van der Waals surface area contributed by atoms with Crippen LogP contribution in [0.15, 0.2) is 54.7 Å². The van der Waals surface area contributed by atoms with Crippen molar-refractivity contribution in [3.8, 4) is 11.1 Å². The van der Waals surface area contributed by atoms with Crippen molar-refractivity contribution in [3.05, 3.63) is 71.8 Å². The monoisotopic (exact) mass is 490 g/mol. The van der Waals surface area contributed by atoms with E-state index in [1.165, 1.54) is 17.9 Å². The van der Waals surface area contributed by atoms with Crippen LogP contribution in [-0.2, 0) is 9.59 Å². The SMILES string of the molecule is CC(=O)c1ccc(NC(=O)CN2C(=O)[C@H](C)c3ncccc3-c3c(F)cc(N4CC(F)C4)cc32)cc1. The summed E-state index contributed by atoms with van der Waals surface area (Å²) in [7, 11) is 0. The van der Waals surface area contributed by atoms with Crippen LogP contribution < -0.4 is 15.1 Å². The van der Waals surface area contributed by atoms with Crippen molar-refractivity contribution >= 4 is 34.7 Å². The standard InChI is InChI=1S/C27H24F2N4O3/c1-15-26-21(4-3-9-30-26)25-22(29)10-20(32-12-18(28)13-32)11-23(25)33(27(15)36)14-24(35)31-19-7-5-17(6-8-19)16(2)34/h3-11,15,18H,12-14H2,1-2H3,(H,31,35)/t15-/m1/s1. The van der Waals surface area contributed by atoms with Crippen molar-refractivity contribution in [2.45, 2.75) is 25.9 Å². The zero-order valence-corrected chi connectivity index (χ0v) is 19.8. The molecular formula is C27H24F2N4O3. The van der Waals surface area contributed by atoms with E-state index in [0.29, 0.717) is 28.2 Å². The topological polar surface area (TPSA) is 82.6 Å². The molecule has 0 unspecified atom stereocenters. The first-order chi connectivity index (χ1) is 17.2. The Morgan fingerprint density at radius 1 is 1.14 bits per heavy atom. The van der Waals surface area contributed by atoms with Crippen LogP contribution in [0.2, 0.25) is 0 Å². The number of ketones is 1. The van der Waals surface area contributed by atoms with Crippen LogP contribution in [0.3, 0.4) is 0 Å². The quantitative estimate of drug-likeness (QED) is 0.538. The summed E-state index contributed by atoms with van der Waals surface area (Å²) in [5, 5.41) is 2.73. The normalized spacial score (nSPS) is 17.1. The summed E-state index contributed by atoms with van der Waals surface area (Å²) in [4.78, 5) is 45.4. The molecule has 0 radical (unpaired) electrons. The number of amides is 2. The molecule has 1 atom stereocenters. The number of rotatable bonds is 5.